The Bertz CT molecular complexity index is 994. The van der Waals surface area contributed by atoms with Gasteiger partial charge in [-0.05, 0) is 31.5 Å². The second-order valence-electron chi connectivity index (χ2n) is 7.05. The zero-order chi connectivity index (χ0) is 20.2. The Morgan fingerprint density at radius 3 is 2.55 bits per heavy atom. The van der Waals surface area contributed by atoms with Gasteiger partial charge in [0, 0.05) is 44.6 Å². The number of rotatable bonds is 5. The third kappa shape index (κ3) is 4.37. The standard InChI is InChI=1S/C21H24N6O2/c1-16-4-3-5-18(12-16)29-14-21(28)26-10-8-25(9-11-26)19-13-20(24-15-23-19)27-7-6-22-17(27)2/h3-7,12-13,15H,8-11,14H2,1-2H3. The minimum Gasteiger partial charge on any atom is -0.484 e. The van der Waals surface area contributed by atoms with Gasteiger partial charge in [0.05, 0.1) is 0 Å². The molecule has 4 rings (SSSR count). The van der Waals surface area contributed by atoms with Crippen LogP contribution in [0.15, 0.2) is 49.1 Å². The number of amides is 1. The summed E-state index contributed by atoms with van der Waals surface area (Å²) >= 11 is 0. The van der Waals surface area contributed by atoms with Crippen molar-refractivity contribution in [2.45, 2.75) is 13.8 Å². The van der Waals surface area contributed by atoms with Crippen LogP contribution < -0.4 is 9.64 Å². The molecule has 0 N–H and O–H groups in total. The molecule has 0 saturated carbocycles. The van der Waals surface area contributed by atoms with Crippen molar-refractivity contribution in [3.63, 3.8) is 0 Å². The summed E-state index contributed by atoms with van der Waals surface area (Å²) in [6.07, 6.45) is 5.20. The van der Waals surface area contributed by atoms with Crippen molar-refractivity contribution in [1.29, 1.82) is 0 Å². The lowest BCUT2D eigenvalue weighted by Crippen LogP contribution is -2.50. The molecular formula is C21H24N6O2. The Balaban J connectivity index is 1.33. The first kappa shape index (κ1) is 18.9. The summed E-state index contributed by atoms with van der Waals surface area (Å²) in [7, 11) is 0. The third-order valence-corrected chi connectivity index (χ3v) is 5.02. The van der Waals surface area contributed by atoms with Crippen molar-refractivity contribution in [2.24, 2.45) is 0 Å². The summed E-state index contributed by atoms with van der Waals surface area (Å²) in [4.78, 5) is 29.5. The van der Waals surface area contributed by atoms with Crippen LogP contribution in [0.4, 0.5) is 5.82 Å². The molecule has 1 fully saturated rings. The van der Waals surface area contributed by atoms with Crippen LogP contribution in [0.3, 0.4) is 0 Å². The Kier molecular flexibility index (Phi) is 5.41. The monoisotopic (exact) mass is 392 g/mol. The Morgan fingerprint density at radius 1 is 1.03 bits per heavy atom. The van der Waals surface area contributed by atoms with E-state index in [2.05, 4.69) is 19.9 Å². The summed E-state index contributed by atoms with van der Waals surface area (Å²) in [5.74, 6) is 3.24. The first-order valence-corrected chi connectivity index (χ1v) is 9.65. The van der Waals surface area contributed by atoms with Gasteiger partial charge in [-0.1, -0.05) is 12.1 Å². The van der Waals surface area contributed by atoms with Gasteiger partial charge in [-0.2, -0.15) is 0 Å². The highest BCUT2D eigenvalue weighted by Crippen LogP contribution is 2.17. The molecular weight excluding hydrogens is 368 g/mol. The number of piperazine rings is 1. The van der Waals surface area contributed by atoms with Crippen LogP contribution >= 0.6 is 0 Å². The quantitative estimate of drug-likeness (QED) is 0.661. The van der Waals surface area contributed by atoms with Crippen LogP contribution in [-0.2, 0) is 4.79 Å². The van der Waals surface area contributed by atoms with Gasteiger partial charge in [0.2, 0.25) is 0 Å². The van der Waals surface area contributed by atoms with Crippen molar-refractivity contribution in [1.82, 2.24) is 24.4 Å². The Labute approximate surface area is 169 Å². The fourth-order valence-electron chi connectivity index (χ4n) is 3.39. The number of anilines is 1. The Morgan fingerprint density at radius 2 is 1.83 bits per heavy atom. The SMILES string of the molecule is Cc1cccc(OCC(=O)N2CCN(c3cc(-n4ccnc4C)ncn3)CC2)c1. The second-order valence-corrected chi connectivity index (χ2v) is 7.05. The molecule has 3 heterocycles. The van der Waals surface area contributed by atoms with Crippen molar-refractivity contribution in [3.05, 3.63) is 60.4 Å². The maximum absolute atomic E-state index is 12.5. The largest absolute Gasteiger partial charge is 0.484 e. The molecule has 8 heteroatoms. The van der Waals surface area contributed by atoms with E-state index in [0.29, 0.717) is 13.1 Å². The molecule has 0 aliphatic carbocycles. The lowest BCUT2D eigenvalue weighted by atomic mass is 10.2. The Hall–Kier alpha value is -3.42. The molecule has 0 bridgehead atoms. The van der Waals surface area contributed by atoms with Gasteiger partial charge in [0.25, 0.3) is 5.91 Å². The van der Waals surface area contributed by atoms with E-state index in [9.17, 15) is 4.79 Å². The van der Waals surface area contributed by atoms with E-state index in [4.69, 9.17) is 4.74 Å². The maximum Gasteiger partial charge on any atom is 0.260 e. The van der Waals surface area contributed by atoms with E-state index in [1.54, 1.807) is 12.5 Å². The van der Waals surface area contributed by atoms with E-state index in [-0.39, 0.29) is 12.5 Å². The van der Waals surface area contributed by atoms with E-state index in [1.807, 2.05) is 59.8 Å². The molecule has 1 aromatic carbocycles. The van der Waals surface area contributed by atoms with Crippen LogP contribution in [0.5, 0.6) is 5.75 Å². The number of ether oxygens (including phenoxy) is 1. The van der Waals surface area contributed by atoms with Crippen molar-refractivity contribution >= 4 is 11.7 Å². The zero-order valence-corrected chi connectivity index (χ0v) is 16.7. The highest BCUT2D eigenvalue weighted by molar-refractivity contribution is 5.78. The molecule has 1 amide bonds. The molecule has 0 radical (unpaired) electrons. The number of imidazole rings is 1. The van der Waals surface area contributed by atoms with Crippen LogP contribution in [0.2, 0.25) is 0 Å². The lowest BCUT2D eigenvalue weighted by Gasteiger charge is -2.35. The minimum atomic E-state index is 0.00331. The van der Waals surface area contributed by atoms with Crippen LogP contribution in [-0.4, -0.2) is 63.1 Å². The fourth-order valence-corrected chi connectivity index (χ4v) is 3.39. The average Bonchev–Trinajstić information content (AvgIpc) is 3.18. The van der Waals surface area contributed by atoms with Gasteiger partial charge in [-0.15, -0.1) is 0 Å². The highest BCUT2D eigenvalue weighted by Gasteiger charge is 2.22. The molecule has 2 aromatic heterocycles. The van der Waals surface area contributed by atoms with Gasteiger partial charge < -0.3 is 14.5 Å². The third-order valence-electron chi connectivity index (χ3n) is 5.02. The van der Waals surface area contributed by atoms with Crippen LogP contribution in [0.1, 0.15) is 11.4 Å². The smallest absolute Gasteiger partial charge is 0.260 e. The average molecular weight is 392 g/mol. The van der Waals surface area contributed by atoms with Crippen molar-refractivity contribution in [2.75, 3.05) is 37.7 Å². The van der Waals surface area contributed by atoms with Gasteiger partial charge in [-0.25, -0.2) is 15.0 Å². The number of carbonyl (C=O) groups is 1. The predicted octanol–water partition coefficient (Wildman–Crippen LogP) is 2.01. The number of hydrogen-bond donors (Lipinski definition) is 0. The van der Waals surface area contributed by atoms with Gasteiger partial charge >= 0.3 is 0 Å². The molecule has 150 valence electrons. The second kappa shape index (κ2) is 8.30. The first-order chi connectivity index (χ1) is 14.1. The molecule has 1 saturated heterocycles. The highest BCUT2D eigenvalue weighted by atomic mass is 16.5. The predicted molar refractivity (Wildman–Crippen MR) is 109 cm³/mol. The minimum absolute atomic E-state index is 0.00331. The normalized spacial score (nSPS) is 14.1. The number of hydrogen-bond acceptors (Lipinski definition) is 6. The number of aromatic nitrogens is 4. The summed E-state index contributed by atoms with van der Waals surface area (Å²) in [6, 6.07) is 9.68. The van der Waals surface area contributed by atoms with Crippen molar-refractivity contribution in [3.8, 4) is 11.6 Å². The number of aryl methyl sites for hydroxylation is 2. The van der Waals surface area contributed by atoms with Crippen LogP contribution in [0.25, 0.3) is 5.82 Å². The summed E-state index contributed by atoms with van der Waals surface area (Å²) in [6.45, 7) is 6.70. The van der Waals surface area contributed by atoms with Crippen molar-refractivity contribution < 1.29 is 9.53 Å². The molecule has 3 aromatic rings. The molecule has 0 spiro atoms. The molecule has 0 atom stereocenters. The summed E-state index contributed by atoms with van der Waals surface area (Å²) < 4.78 is 7.57. The van der Waals surface area contributed by atoms with Gasteiger partial charge in [0.15, 0.2) is 6.61 Å². The molecule has 1 aliphatic rings. The first-order valence-electron chi connectivity index (χ1n) is 9.65. The van der Waals surface area contributed by atoms with Crippen LogP contribution in [0, 0.1) is 13.8 Å². The summed E-state index contributed by atoms with van der Waals surface area (Å²) in [5, 5.41) is 0. The lowest BCUT2D eigenvalue weighted by molar-refractivity contribution is -0.133. The van der Waals surface area contributed by atoms with Gasteiger partial charge in [-0.3, -0.25) is 9.36 Å². The maximum atomic E-state index is 12.5. The summed E-state index contributed by atoms with van der Waals surface area (Å²) in [5.41, 5.74) is 1.11. The number of carbonyl (C=O) groups excluding carboxylic acids is 1. The number of nitrogens with zero attached hydrogens (tertiary/aromatic N) is 6. The number of benzene rings is 1. The van der Waals surface area contributed by atoms with Gasteiger partial charge in [0.1, 0.15) is 29.5 Å². The van der Waals surface area contributed by atoms with E-state index >= 15 is 0 Å². The molecule has 29 heavy (non-hydrogen) atoms. The van der Waals surface area contributed by atoms with E-state index in [1.165, 1.54) is 0 Å². The zero-order valence-electron chi connectivity index (χ0n) is 16.7. The topological polar surface area (TPSA) is 76.4 Å². The van der Waals surface area contributed by atoms with E-state index < -0.39 is 0 Å². The fraction of sp³-hybridized carbons (Fsp3) is 0.333. The van der Waals surface area contributed by atoms with E-state index in [0.717, 1.165) is 41.9 Å². The molecule has 8 nitrogen and oxygen atoms in total. The molecule has 1 aliphatic heterocycles. The molecule has 0 unspecified atom stereocenters.